The summed E-state index contributed by atoms with van der Waals surface area (Å²) < 4.78 is 48.3. The van der Waals surface area contributed by atoms with E-state index in [-0.39, 0.29) is 9.79 Å². The summed E-state index contributed by atoms with van der Waals surface area (Å²) in [7, 11) is -6.51. The van der Waals surface area contributed by atoms with Gasteiger partial charge in [0.1, 0.15) is 9.79 Å². The lowest BCUT2D eigenvalue weighted by atomic mass is 10.4. The Hall–Kier alpha value is -0.960. The number of hydrogen-bond donors (Lipinski definition) is 1. The summed E-state index contributed by atoms with van der Waals surface area (Å²) in [6, 6.07) is 5.31. The lowest BCUT2D eigenvalue weighted by Crippen LogP contribution is -2.29. The molecule has 0 atom stereocenters. The van der Waals surface area contributed by atoms with Crippen LogP contribution in [0.2, 0.25) is 0 Å². The number of primary sulfonamides is 1. The lowest BCUT2D eigenvalue weighted by Gasteiger charge is -2.17. The van der Waals surface area contributed by atoms with E-state index in [2.05, 4.69) is 0 Å². The van der Waals surface area contributed by atoms with E-state index in [0.717, 1.165) is 4.31 Å². The molecule has 0 fully saturated rings. The molecule has 1 aromatic carbocycles. The average molecular weight is 292 g/mol. The first-order valence-corrected chi connectivity index (χ1v) is 8.28. The van der Waals surface area contributed by atoms with Crippen molar-refractivity contribution in [3.63, 3.8) is 0 Å². The predicted octanol–water partition coefficient (Wildman–Crippen LogP) is 0.365. The van der Waals surface area contributed by atoms with Gasteiger partial charge in [-0.3, -0.25) is 0 Å². The van der Waals surface area contributed by atoms with E-state index in [4.69, 9.17) is 5.14 Å². The molecule has 1 aromatic rings. The molecule has 2 N–H and O–H groups in total. The predicted molar refractivity (Wildman–Crippen MR) is 67.9 cm³/mol. The maximum Gasteiger partial charge on any atom is 0.244 e. The molecule has 0 aliphatic rings. The van der Waals surface area contributed by atoms with Crippen molar-refractivity contribution in [3.05, 3.63) is 24.3 Å². The molecule has 0 saturated carbocycles. The average Bonchev–Trinajstić information content (AvgIpc) is 2.28. The van der Waals surface area contributed by atoms with Crippen LogP contribution in [0.15, 0.2) is 34.1 Å². The number of benzene rings is 1. The van der Waals surface area contributed by atoms with Crippen molar-refractivity contribution in [2.24, 2.45) is 5.14 Å². The van der Waals surface area contributed by atoms with Gasteiger partial charge >= 0.3 is 0 Å². The van der Waals surface area contributed by atoms with E-state index in [9.17, 15) is 16.8 Å². The fourth-order valence-corrected chi connectivity index (χ4v) is 4.11. The van der Waals surface area contributed by atoms with Crippen LogP contribution in [-0.2, 0) is 20.0 Å². The molecule has 0 radical (unpaired) electrons. The second-order valence-electron chi connectivity index (χ2n) is 3.82. The van der Waals surface area contributed by atoms with E-state index < -0.39 is 20.0 Å². The summed E-state index contributed by atoms with van der Waals surface area (Å²) in [5, 5.41) is 5.02. The second-order valence-corrected chi connectivity index (χ2v) is 7.36. The van der Waals surface area contributed by atoms with Gasteiger partial charge in [0, 0.05) is 13.6 Å². The Labute approximate surface area is 108 Å². The molecule has 0 heterocycles. The van der Waals surface area contributed by atoms with Crippen molar-refractivity contribution < 1.29 is 16.8 Å². The van der Waals surface area contributed by atoms with E-state index in [1.165, 1.54) is 31.3 Å². The largest absolute Gasteiger partial charge is 0.244 e. The van der Waals surface area contributed by atoms with Crippen LogP contribution in [0.1, 0.15) is 13.3 Å². The van der Waals surface area contributed by atoms with Crippen molar-refractivity contribution in [1.29, 1.82) is 0 Å². The van der Waals surface area contributed by atoms with Gasteiger partial charge in [-0.15, -0.1) is 0 Å². The van der Waals surface area contributed by atoms with Gasteiger partial charge in [-0.25, -0.2) is 26.3 Å². The highest BCUT2D eigenvalue weighted by Crippen LogP contribution is 2.22. The molecule has 0 amide bonds. The Morgan fingerprint density at radius 1 is 1.11 bits per heavy atom. The Bertz CT molecular complexity index is 623. The standard InChI is InChI=1S/C10H16N2O4S2/c1-3-8-12(2)18(15,16)10-7-5-4-6-9(10)17(11,13)14/h4-7H,3,8H2,1-2H3,(H2,11,13,14). The third-order valence-electron chi connectivity index (χ3n) is 2.38. The first kappa shape index (κ1) is 15.1. The molecule has 0 saturated heterocycles. The smallest absolute Gasteiger partial charge is 0.225 e. The fourth-order valence-electron chi connectivity index (χ4n) is 1.50. The minimum Gasteiger partial charge on any atom is -0.225 e. The van der Waals surface area contributed by atoms with Gasteiger partial charge in [0.2, 0.25) is 20.0 Å². The van der Waals surface area contributed by atoms with Gasteiger partial charge in [0.25, 0.3) is 0 Å². The fraction of sp³-hybridized carbons (Fsp3) is 0.400. The zero-order chi connectivity index (χ0) is 14.0. The summed E-state index contributed by atoms with van der Waals surface area (Å²) >= 11 is 0. The third-order valence-corrected chi connectivity index (χ3v) is 5.40. The van der Waals surface area contributed by atoms with Gasteiger partial charge in [0.15, 0.2) is 0 Å². The number of rotatable bonds is 5. The van der Waals surface area contributed by atoms with Gasteiger partial charge in [-0.2, -0.15) is 0 Å². The van der Waals surface area contributed by atoms with Crippen LogP contribution >= 0.6 is 0 Å². The maximum atomic E-state index is 12.2. The third kappa shape index (κ3) is 3.08. The number of sulfonamides is 2. The van der Waals surface area contributed by atoms with Gasteiger partial charge < -0.3 is 0 Å². The van der Waals surface area contributed by atoms with E-state index in [1.54, 1.807) is 0 Å². The number of nitrogens with two attached hydrogens (primary N) is 1. The van der Waals surface area contributed by atoms with Gasteiger partial charge in [0.05, 0.1) is 0 Å². The summed E-state index contributed by atoms with van der Waals surface area (Å²) in [5.41, 5.74) is 0. The maximum absolute atomic E-state index is 12.2. The van der Waals surface area contributed by atoms with Crippen LogP contribution in [0, 0.1) is 0 Å². The van der Waals surface area contributed by atoms with Crippen LogP contribution in [0.25, 0.3) is 0 Å². The molecule has 0 aromatic heterocycles. The molecule has 6 nitrogen and oxygen atoms in total. The minimum atomic E-state index is -4.07. The molecule has 0 spiro atoms. The number of hydrogen-bond acceptors (Lipinski definition) is 4. The Balaban J connectivity index is 3.43. The van der Waals surface area contributed by atoms with Crippen LogP contribution in [0.4, 0.5) is 0 Å². The highest BCUT2D eigenvalue weighted by Gasteiger charge is 2.27. The van der Waals surface area contributed by atoms with Gasteiger partial charge in [-0.05, 0) is 18.6 Å². The Morgan fingerprint density at radius 2 is 1.61 bits per heavy atom. The van der Waals surface area contributed by atoms with Crippen LogP contribution < -0.4 is 5.14 Å². The molecular weight excluding hydrogens is 276 g/mol. The molecule has 8 heteroatoms. The van der Waals surface area contributed by atoms with E-state index in [1.807, 2.05) is 6.92 Å². The molecule has 0 aliphatic heterocycles. The summed E-state index contributed by atoms with van der Waals surface area (Å²) in [4.78, 5) is -0.670. The minimum absolute atomic E-state index is 0.288. The highest BCUT2D eigenvalue weighted by atomic mass is 32.2. The molecule has 102 valence electrons. The molecule has 18 heavy (non-hydrogen) atoms. The highest BCUT2D eigenvalue weighted by molar-refractivity contribution is 7.92. The summed E-state index contributed by atoms with van der Waals surface area (Å²) in [6.45, 7) is 2.14. The SMILES string of the molecule is CCCN(C)S(=O)(=O)c1ccccc1S(N)(=O)=O. The molecular formula is C10H16N2O4S2. The monoisotopic (exact) mass is 292 g/mol. The van der Waals surface area contributed by atoms with Crippen molar-refractivity contribution in [2.45, 2.75) is 23.1 Å². The number of nitrogens with zero attached hydrogens (tertiary/aromatic N) is 1. The van der Waals surface area contributed by atoms with Crippen LogP contribution in [0.3, 0.4) is 0 Å². The van der Waals surface area contributed by atoms with E-state index >= 15 is 0 Å². The Morgan fingerprint density at radius 3 is 2.06 bits per heavy atom. The van der Waals surface area contributed by atoms with Crippen molar-refractivity contribution in [2.75, 3.05) is 13.6 Å². The van der Waals surface area contributed by atoms with Crippen LogP contribution in [0.5, 0.6) is 0 Å². The van der Waals surface area contributed by atoms with E-state index in [0.29, 0.717) is 13.0 Å². The molecule has 0 bridgehead atoms. The first-order valence-electron chi connectivity index (χ1n) is 5.29. The van der Waals surface area contributed by atoms with Crippen molar-refractivity contribution >= 4 is 20.0 Å². The normalized spacial score (nSPS) is 12.9. The van der Waals surface area contributed by atoms with Crippen LogP contribution in [-0.4, -0.2) is 34.7 Å². The van der Waals surface area contributed by atoms with Crippen molar-refractivity contribution in [1.82, 2.24) is 4.31 Å². The molecule has 0 aliphatic carbocycles. The zero-order valence-electron chi connectivity index (χ0n) is 10.2. The Kier molecular flexibility index (Phi) is 4.49. The molecule has 1 rings (SSSR count). The summed E-state index contributed by atoms with van der Waals surface area (Å²) in [5.74, 6) is 0. The second kappa shape index (κ2) is 5.35. The summed E-state index contributed by atoms with van der Waals surface area (Å²) in [6.07, 6.45) is 0.632. The first-order chi connectivity index (χ1) is 8.21. The topological polar surface area (TPSA) is 97.5 Å². The zero-order valence-corrected chi connectivity index (χ0v) is 11.8. The van der Waals surface area contributed by atoms with Gasteiger partial charge in [-0.1, -0.05) is 19.1 Å². The quantitative estimate of drug-likeness (QED) is 0.847. The van der Waals surface area contributed by atoms with Crippen molar-refractivity contribution in [3.8, 4) is 0 Å². The lowest BCUT2D eigenvalue weighted by molar-refractivity contribution is 0.466. The molecule has 0 unspecified atom stereocenters.